The quantitative estimate of drug-likeness (QED) is 0.721. The highest BCUT2D eigenvalue weighted by molar-refractivity contribution is 5.92. The summed E-state index contributed by atoms with van der Waals surface area (Å²) in [6.45, 7) is 3.96. The molecule has 1 N–H and O–H groups in total. The Bertz CT molecular complexity index is 820. The molecule has 1 aliphatic rings. The van der Waals surface area contributed by atoms with Crippen molar-refractivity contribution in [2.24, 2.45) is 0 Å². The molecule has 0 radical (unpaired) electrons. The molecule has 1 aromatic heterocycles. The molecule has 1 fully saturated rings. The Morgan fingerprint density at radius 2 is 1.69 bits per heavy atom. The van der Waals surface area contributed by atoms with Crippen molar-refractivity contribution in [1.82, 2.24) is 19.8 Å². The third-order valence-corrected chi connectivity index (χ3v) is 5.47. The van der Waals surface area contributed by atoms with Crippen molar-refractivity contribution in [2.45, 2.75) is 18.9 Å². The van der Waals surface area contributed by atoms with E-state index in [1.807, 2.05) is 19.2 Å². The Balaban J connectivity index is 1.99. The fourth-order valence-electron chi connectivity index (χ4n) is 3.52. The summed E-state index contributed by atoms with van der Waals surface area (Å²) < 4.78 is 11.0. The number of hydrogen-bond donors (Lipinski definition) is 1. The first-order chi connectivity index (χ1) is 13.9. The summed E-state index contributed by atoms with van der Waals surface area (Å²) in [6.07, 6.45) is 2.20. The van der Waals surface area contributed by atoms with Gasteiger partial charge in [0.1, 0.15) is 5.82 Å². The summed E-state index contributed by atoms with van der Waals surface area (Å²) >= 11 is 0. The Kier molecular flexibility index (Phi) is 6.97. The first-order valence-corrected chi connectivity index (χ1v) is 10.2. The Morgan fingerprint density at radius 1 is 1.03 bits per heavy atom. The average molecular weight is 403 g/mol. The van der Waals surface area contributed by atoms with Crippen LogP contribution in [0, 0.1) is 0 Å². The van der Waals surface area contributed by atoms with E-state index in [1.165, 1.54) is 0 Å². The predicted octanol–water partition coefficient (Wildman–Crippen LogP) is 2.15. The number of benzene rings is 1. The first kappa shape index (κ1) is 21.4. The summed E-state index contributed by atoms with van der Waals surface area (Å²) in [4.78, 5) is 16.3. The van der Waals surface area contributed by atoms with Crippen LogP contribution in [0.25, 0.3) is 10.9 Å². The molecule has 160 valence electrons. The van der Waals surface area contributed by atoms with Gasteiger partial charge in [-0.2, -0.15) is 4.98 Å². The second-order valence-electron chi connectivity index (χ2n) is 8.04. The maximum Gasteiger partial charge on any atom is 0.227 e. The molecule has 1 saturated heterocycles. The number of ether oxygens (including phenoxy) is 2. The van der Waals surface area contributed by atoms with E-state index >= 15 is 0 Å². The number of nitrogens with zero attached hydrogens (tertiary/aromatic N) is 5. The first-order valence-electron chi connectivity index (χ1n) is 10.2. The van der Waals surface area contributed by atoms with Gasteiger partial charge in [0.25, 0.3) is 0 Å². The van der Waals surface area contributed by atoms with E-state index in [4.69, 9.17) is 19.4 Å². The molecule has 0 bridgehead atoms. The molecular weight excluding hydrogens is 368 g/mol. The highest BCUT2D eigenvalue weighted by Crippen LogP contribution is 2.35. The van der Waals surface area contributed by atoms with Gasteiger partial charge in [0.05, 0.1) is 19.7 Å². The van der Waals surface area contributed by atoms with Gasteiger partial charge in [-0.1, -0.05) is 0 Å². The Hall–Kier alpha value is -2.32. The van der Waals surface area contributed by atoms with E-state index in [2.05, 4.69) is 41.2 Å². The van der Waals surface area contributed by atoms with Crippen LogP contribution >= 0.6 is 0 Å². The summed E-state index contributed by atoms with van der Waals surface area (Å²) in [5, 5.41) is 4.63. The topological polar surface area (TPSA) is 66.0 Å². The summed E-state index contributed by atoms with van der Waals surface area (Å²) in [6, 6.07) is 4.30. The van der Waals surface area contributed by atoms with Gasteiger partial charge in [-0.25, -0.2) is 4.98 Å². The van der Waals surface area contributed by atoms with Crippen molar-refractivity contribution in [3.63, 3.8) is 0 Å². The molecule has 2 heterocycles. The average Bonchev–Trinajstić information content (AvgIpc) is 2.72. The van der Waals surface area contributed by atoms with E-state index in [0.29, 0.717) is 23.5 Å². The summed E-state index contributed by atoms with van der Waals surface area (Å²) in [7, 11) is 11.6. The van der Waals surface area contributed by atoms with Crippen molar-refractivity contribution in [1.29, 1.82) is 0 Å². The molecular formula is C21H34N6O2. The third kappa shape index (κ3) is 5.19. The third-order valence-electron chi connectivity index (χ3n) is 5.47. The molecule has 8 heteroatoms. The van der Waals surface area contributed by atoms with Crippen molar-refractivity contribution in [2.75, 3.05) is 78.8 Å². The lowest BCUT2D eigenvalue weighted by Gasteiger charge is -2.30. The van der Waals surface area contributed by atoms with Crippen LogP contribution in [0.5, 0.6) is 11.5 Å². The van der Waals surface area contributed by atoms with Crippen LogP contribution in [0.2, 0.25) is 0 Å². The number of rotatable bonds is 8. The minimum absolute atomic E-state index is 0.400. The number of methoxy groups -OCH3 is 2. The molecule has 1 aromatic carbocycles. The zero-order valence-corrected chi connectivity index (χ0v) is 18.5. The van der Waals surface area contributed by atoms with E-state index in [0.717, 1.165) is 55.7 Å². The highest BCUT2D eigenvalue weighted by atomic mass is 16.5. The van der Waals surface area contributed by atoms with Gasteiger partial charge < -0.3 is 29.5 Å². The Labute approximate surface area is 173 Å². The molecule has 0 amide bonds. The molecule has 1 aliphatic heterocycles. The van der Waals surface area contributed by atoms with Crippen molar-refractivity contribution in [3.8, 4) is 11.5 Å². The fourth-order valence-corrected chi connectivity index (χ4v) is 3.52. The number of piperidine rings is 1. The van der Waals surface area contributed by atoms with Crippen LogP contribution in [0.15, 0.2) is 12.1 Å². The van der Waals surface area contributed by atoms with E-state index < -0.39 is 0 Å². The van der Waals surface area contributed by atoms with Crippen molar-refractivity contribution < 1.29 is 9.47 Å². The van der Waals surface area contributed by atoms with Crippen LogP contribution in [0.1, 0.15) is 12.8 Å². The number of nitrogens with one attached hydrogen (secondary N) is 1. The van der Waals surface area contributed by atoms with Gasteiger partial charge in [0, 0.05) is 37.6 Å². The molecule has 8 nitrogen and oxygen atoms in total. The smallest absolute Gasteiger partial charge is 0.227 e. The van der Waals surface area contributed by atoms with Gasteiger partial charge in [-0.3, -0.25) is 0 Å². The van der Waals surface area contributed by atoms with E-state index in [-0.39, 0.29) is 0 Å². The van der Waals surface area contributed by atoms with Crippen molar-refractivity contribution in [3.05, 3.63) is 12.1 Å². The monoisotopic (exact) mass is 402 g/mol. The second-order valence-corrected chi connectivity index (χ2v) is 8.04. The number of anilines is 2. The summed E-state index contributed by atoms with van der Waals surface area (Å²) in [5.41, 5.74) is 0.847. The second kappa shape index (κ2) is 9.45. The number of likely N-dealkylation sites (tertiary alicyclic amines) is 1. The van der Waals surface area contributed by atoms with Gasteiger partial charge in [0.15, 0.2) is 11.5 Å². The number of hydrogen-bond acceptors (Lipinski definition) is 8. The van der Waals surface area contributed by atoms with Gasteiger partial charge in [-0.05, 0) is 53.1 Å². The largest absolute Gasteiger partial charge is 0.493 e. The number of aromatic nitrogens is 2. The lowest BCUT2D eigenvalue weighted by atomic mass is 10.1. The zero-order chi connectivity index (χ0) is 21.0. The SMILES string of the molecule is COc1cc2nc(N(C)CCN(C)C)nc(NC3CCN(C)CC3)c2cc1OC. The maximum atomic E-state index is 5.52. The van der Waals surface area contributed by atoms with E-state index in [1.54, 1.807) is 14.2 Å². The number of fused-ring (bicyclic) bond motifs is 1. The molecule has 0 saturated carbocycles. The molecule has 3 rings (SSSR count). The van der Waals surface area contributed by atoms with Gasteiger partial charge in [0.2, 0.25) is 5.95 Å². The molecule has 0 unspecified atom stereocenters. The highest BCUT2D eigenvalue weighted by Gasteiger charge is 2.20. The lowest BCUT2D eigenvalue weighted by Crippen LogP contribution is -2.37. The maximum absolute atomic E-state index is 5.52. The lowest BCUT2D eigenvalue weighted by molar-refractivity contribution is 0.264. The summed E-state index contributed by atoms with van der Waals surface area (Å²) in [5.74, 6) is 2.92. The molecule has 0 atom stereocenters. The van der Waals surface area contributed by atoms with Crippen molar-refractivity contribution >= 4 is 22.7 Å². The zero-order valence-electron chi connectivity index (χ0n) is 18.5. The predicted molar refractivity (Wildman–Crippen MR) is 119 cm³/mol. The normalized spacial score (nSPS) is 15.7. The minimum atomic E-state index is 0.400. The van der Waals surface area contributed by atoms with Crippen LogP contribution < -0.4 is 19.7 Å². The van der Waals surface area contributed by atoms with Crippen LogP contribution in [0.3, 0.4) is 0 Å². The molecule has 0 spiro atoms. The minimum Gasteiger partial charge on any atom is -0.493 e. The van der Waals surface area contributed by atoms with Gasteiger partial charge in [-0.15, -0.1) is 0 Å². The van der Waals surface area contributed by atoms with Gasteiger partial charge >= 0.3 is 0 Å². The Morgan fingerprint density at radius 3 is 2.31 bits per heavy atom. The molecule has 2 aromatic rings. The molecule has 0 aliphatic carbocycles. The van der Waals surface area contributed by atoms with E-state index in [9.17, 15) is 0 Å². The molecule has 29 heavy (non-hydrogen) atoms. The standard InChI is InChI=1S/C21H34N6O2/c1-25(2)11-12-27(4)21-23-17-14-19(29-6)18(28-5)13-16(17)20(24-21)22-15-7-9-26(3)10-8-15/h13-15H,7-12H2,1-6H3,(H,22,23,24). The fraction of sp³-hybridized carbons (Fsp3) is 0.619. The van der Waals surface area contributed by atoms with Crippen LogP contribution in [-0.2, 0) is 0 Å². The number of likely N-dealkylation sites (N-methyl/N-ethyl adjacent to an activating group) is 2. The van der Waals surface area contributed by atoms with Crippen LogP contribution in [-0.4, -0.2) is 94.4 Å². The van der Waals surface area contributed by atoms with Crippen LogP contribution in [0.4, 0.5) is 11.8 Å².